The molecule has 7 heteroatoms. The fourth-order valence-electron chi connectivity index (χ4n) is 2.00. The zero-order valence-electron chi connectivity index (χ0n) is 10.7. The average Bonchev–Trinajstić information content (AvgIpc) is 2.36. The van der Waals surface area contributed by atoms with Crippen LogP contribution in [0.25, 0.3) is 11.1 Å². The summed E-state index contributed by atoms with van der Waals surface area (Å²) in [5.41, 5.74) is -1.81. The van der Waals surface area contributed by atoms with Crippen molar-refractivity contribution in [2.45, 2.75) is 13.1 Å². The SMILES string of the molecule is Cc1cc(-c2cc(Br)ccc2C(F)(F)F)c(C#N)c(=O)[nH]1. The van der Waals surface area contributed by atoms with E-state index < -0.39 is 17.3 Å². The number of nitriles is 1. The molecule has 0 aliphatic heterocycles. The van der Waals surface area contributed by atoms with E-state index in [1.807, 2.05) is 0 Å². The average molecular weight is 357 g/mol. The molecule has 0 aliphatic rings. The number of rotatable bonds is 1. The highest BCUT2D eigenvalue weighted by atomic mass is 79.9. The molecular formula is C14H8BrF3N2O. The second-order valence-electron chi connectivity index (χ2n) is 4.37. The maximum atomic E-state index is 13.1. The largest absolute Gasteiger partial charge is 0.417 e. The number of halogens is 4. The third-order valence-corrected chi connectivity index (χ3v) is 3.35. The van der Waals surface area contributed by atoms with Gasteiger partial charge < -0.3 is 4.98 Å². The molecule has 0 fully saturated rings. The third-order valence-electron chi connectivity index (χ3n) is 2.86. The number of aromatic nitrogens is 1. The topological polar surface area (TPSA) is 56.6 Å². The van der Waals surface area contributed by atoms with Crippen molar-refractivity contribution < 1.29 is 13.2 Å². The molecular weight excluding hydrogens is 349 g/mol. The van der Waals surface area contributed by atoms with Crippen LogP contribution in [0.3, 0.4) is 0 Å². The minimum Gasteiger partial charge on any atom is -0.325 e. The molecule has 3 nitrogen and oxygen atoms in total. The predicted molar refractivity (Wildman–Crippen MR) is 74.7 cm³/mol. The molecule has 1 aromatic carbocycles. The number of alkyl halides is 3. The van der Waals surface area contributed by atoms with Crippen LogP contribution >= 0.6 is 15.9 Å². The quantitative estimate of drug-likeness (QED) is 0.839. The summed E-state index contributed by atoms with van der Waals surface area (Å²) < 4.78 is 39.8. The van der Waals surface area contributed by atoms with Crippen LogP contribution in [0.5, 0.6) is 0 Å². The van der Waals surface area contributed by atoms with Crippen LogP contribution in [0.1, 0.15) is 16.8 Å². The third kappa shape index (κ3) is 3.00. The van der Waals surface area contributed by atoms with Crippen molar-refractivity contribution in [3.05, 3.63) is 55.9 Å². The number of pyridine rings is 1. The molecule has 1 heterocycles. The lowest BCUT2D eigenvalue weighted by Crippen LogP contribution is -2.14. The molecule has 0 spiro atoms. The van der Waals surface area contributed by atoms with Gasteiger partial charge in [0.1, 0.15) is 11.6 Å². The molecule has 2 rings (SSSR count). The summed E-state index contributed by atoms with van der Waals surface area (Å²) in [5.74, 6) is 0. The predicted octanol–water partition coefficient (Wildman–Crippen LogP) is 4.00. The van der Waals surface area contributed by atoms with E-state index in [0.29, 0.717) is 10.2 Å². The lowest BCUT2D eigenvalue weighted by Gasteiger charge is -2.14. The van der Waals surface area contributed by atoms with Gasteiger partial charge in [0.25, 0.3) is 5.56 Å². The van der Waals surface area contributed by atoms with Crippen molar-refractivity contribution in [2.24, 2.45) is 0 Å². The highest BCUT2D eigenvalue weighted by Crippen LogP contribution is 2.39. The number of aryl methyl sites for hydroxylation is 1. The van der Waals surface area contributed by atoms with Crippen LogP contribution in [0.2, 0.25) is 0 Å². The van der Waals surface area contributed by atoms with Gasteiger partial charge in [-0.25, -0.2) is 0 Å². The van der Waals surface area contributed by atoms with E-state index in [-0.39, 0.29) is 16.7 Å². The number of hydrogen-bond donors (Lipinski definition) is 1. The number of aromatic amines is 1. The summed E-state index contributed by atoms with van der Waals surface area (Å²) in [4.78, 5) is 14.1. The molecule has 21 heavy (non-hydrogen) atoms. The molecule has 2 aromatic rings. The molecule has 1 N–H and O–H groups in total. The first-order valence-corrected chi connectivity index (χ1v) is 6.54. The Morgan fingerprint density at radius 1 is 1.24 bits per heavy atom. The van der Waals surface area contributed by atoms with Gasteiger partial charge in [-0.15, -0.1) is 0 Å². The number of H-pyrrole nitrogens is 1. The molecule has 0 unspecified atom stereocenters. The minimum absolute atomic E-state index is 0.0348. The van der Waals surface area contributed by atoms with Crippen molar-refractivity contribution >= 4 is 15.9 Å². The minimum atomic E-state index is -4.58. The molecule has 0 amide bonds. The molecule has 0 radical (unpaired) electrons. The van der Waals surface area contributed by atoms with Crippen LogP contribution in [-0.4, -0.2) is 4.98 Å². The van der Waals surface area contributed by atoms with Crippen LogP contribution in [-0.2, 0) is 6.18 Å². The highest BCUT2D eigenvalue weighted by molar-refractivity contribution is 9.10. The molecule has 0 bridgehead atoms. The standard InChI is InChI=1S/C14H8BrF3N2O/c1-7-4-9(11(6-19)13(21)20-7)10-5-8(15)2-3-12(10)14(16,17)18/h2-5H,1H3,(H,20,21). The van der Waals surface area contributed by atoms with Gasteiger partial charge in [-0.05, 0) is 36.8 Å². The van der Waals surface area contributed by atoms with Gasteiger partial charge in [-0.1, -0.05) is 15.9 Å². The lowest BCUT2D eigenvalue weighted by molar-refractivity contribution is -0.137. The van der Waals surface area contributed by atoms with Gasteiger partial charge in [0.15, 0.2) is 0 Å². The molecule has 0 aliphatic carbocycles. The summed E-state index contributed by atoms with van der Waals surface area (Å²) in [6, 6.07) is 6.44. The maximum absolute atomic E-state index is 13.1. The molecule has 1 aromatic heterocycles. The van der Waals surface area contributed by atoms with Crippen LogP contribution in [0.4, 0.5) is 13.2 Å². The van der Waals surface area contributed by atoms with Crippen LogP contribution < -0.4 is 5.56 Å². The molecule has 108 valence electrons. The van der Waals surface area contributed by atoms with Crippen molar-refractivity contribution in [2.75, 3.05) is 0 Å². The fourth-order valence-corrected chi connectivity index (χ4v) is 2.36. The summed E-state index contributed by atoms with van der Waals surface area (Å²) in [6.45, 7) is 1.54. The Bertz CT molecular complexity index is 803. The zero-order valence-corrected chi connectivity index (χ0v) is 12.3. The Labute approximate surface area is 126 Å². The van der Waals surface area contributed by atoms with E-state index in [1.54, 1.807) is 6.07 Å². The number of hydrogen-bond acceptors (Lipinski definition) is 2. The van der Waals surface area contributed by atoms with Crippen LogP contribution in [0.15, 0.2) is 33.5 Å². The number of nitrogens with zero attached hydrogens (tertiary/aromatic N) is 1. The summed E-state index contributed by atoms with van der Waals surface area (Å²) in [6.07, 6.45) is -4.58. The van der Waals surface area contributed by atoms with Gasteiger partial charge in [0.05, 0.1) is 5.56 Å². The monoisotopic (exact) mass is 356 g/mol. The Morgan fingerprint density at radius 3 is 2.48 bits per heavy atom. The van der Waals surface area contributed by atoms with Crippen molar-refractivity contribution in [1.82, 2.24) is 4.98 Å². The summed E-state index contributed by atoms with van der Waals surface area (Å²) in [5, 5.41) is 9.05. The van der Waals surface area contributed by atoms with Gasteiger partial charge in [0.2, 0.25) is 0 Å². The molecule has 0 saturated heterocycles. The smallest absolute Gasteiger partial charge is 0.325 e. The highest BCUT2D eigenvalue weighted by Gasteiger charge is 2.34. The van der Waals surface area contributed by atoms with Gasteiger partial charge >= 0.3 is 6.18 Å². The summed E-state index contributed by atoms with van der Waals surface area (Å²) >= 11 is 3.11. The first kappa shape index (κ1) is 15.3. The van der Waals surface area contributed by atoms with E-state index in [1.165, 1.54) is 25.1 Å². The van der Waals surface area contributed by atoms with E-state index in [2.05, 4.69) is 20.9 Å². The molecule has 0 atom stereocenters. The van der Waals surface area contributed by atoms with Crippen molar-refractivity contribution in [3.8, 4) is 17.2 Å². The normalized spacial score (nSPS) is 11.2. The Balaban J connectivity index is 2.88. The van der Waals surface area contributed by atoms with Gasteiger partial charge in [-0.2, -0.15) is 18.4 Å². The maximum Gasteiger partial charge on any atom is 0.417 e. The first-order chi connectivity index (χ1) is 9.74. The van der Waals surface area contributed by atoms with E-state index in [9.17, 15) is 18.0 Å². The van der Waals surface area contributed by atoms with Crippen molar-refractivity contribution in [3.63, 3.8) is 0 Å². The first-order valence-electron chi connectivity index (χ1n) is 5.75. The summed E-state index contributed by atoms with van der Waals surface area (Å²) in [7, 11) is 0. The van der Waals surface area contributed by atoms with E-state index >= 15 is 0 Å². The fraction of sp³-hybridized carbons (Fsp3) is 0.143. The number of nitrogens with one attached hydrogen (secondary N) is 1. The molecule has 0 saturated carbocycles. The van der Waals surface area contributed by atoms with E-state index in [0.717, 1.165) is 6.07 Å². The second kappa shape index (κ2) is 5.37. The Morgan fingerprint density at radius 2 is 1.90 bits per heavy atom. The Hall–Kier alpha value is -2.07. The van der Waals surface area contributed by atoms with Crippen molar-refractivity contribution in [1.29, 1.82) is 5.26 Å². The number of benzene rings is 1. The lowest BCUT2D eigenvalue weighted by atomic mass is 9.96. The zero-order chi connectivity index (χ0) is 15.8. The van der Waals surface area contributed by atoms with E-state index in [4.69, 9.17) is 5.26 Å². The second-order valence-corrected chi connectivity index (χ2v) is 5.29. The van der Waals surface area contributed by atoms with Crippen LogP contribution in [0, 0.1) is 18.3 Å². The van der Waals surface area contributed by atoms with Gasteiger partial charge in [-0.3, -0.25) is 4.79 Å². The van der Waals surface area contributed by atoms with Gasteiger partial charge in [0, 0.05) is 15.7 Å². The Kier molecular flexibility index (Phi) is 3.92.